The van der Waals surface area contributed by atoms with Crippen LogP contribution in [0.1, 0.15) is 81.5 Å². The number of rotatable bonds is 18. The molecule has 184 valence electrons. The zero-order chi connectivity index (χ0) is 24.7. The molecule has 1 aromatic rings. The molecule has 4 nitrogen and oxygen atoms in total. The van der Waals surface area contributed by atoms with Crippen LogP contribution < -0.4 is 5.32 Å². The molecule has 0 aromatic carbocycles. The van der Waals surface area contributed by atoms with Gasteiger partial charge < -0.3 is 5.32 Å². The molecule has 5 heteroatoms. The molecule has 1 heterocycles. The summed E-state index contributed by atoms with van der Waals surface area (Å²) in [5.74, 6) is -0.0232. The molecular formula is C29H39ClN2O2. The van der Waals surface area contributed by atoms with Crippen LogP contribution in [-0.4, -0.2) is 23.2 Å². The second-order valence-corrected chi connectivity index (χ2v) is 8.26. The lowest BCUT2D eigenvalue weighted by Crippen LogP contribution is -2.25. The predicted molar refractivity (Wildman–Crippen MR) is 144 cm³/mol. The van der Waals surface area contributed by atoms with Gasteiger partial charge >= 0.3 is 0 Å². The van der Waals surface area contributed by atoms with Gasteiger partial charge in [-0.1, -0.05) is 79.3 Å². The maximum Gasteiger partial charge on any atom is 0.254 e. The van der Waals surface area contributed by atoms with Gasteiger partial charge in [-0.15, -0.1) is 0 Å². The first-order valence-corrected chi connectivity index (χ1v) is 12.7. The normalized spacial score (nSPS) is 12.2. The highest BCUT2D eigenvalue weighted by Gasteiger charge is 2.09. The fraction of sp³-hybridized carbons (Fsp3) is 0.414. The van der Waals surface area contributed by atoms with Gasteiger partial charge in [0.2, 0.25) is 0 Å². The van der Waals surface area contributed by atoms with Crippen LogP contribution in [0.15, 0.2) is 79.2 Å². The molecule has 0 fully saturated rings. The highest BCUT2D eigenvalue weighted by Crippen LogP contribution is 2.13. The van der Waals surface area contributed by atoms with Crippen LogP contribution >= 0.6 is 11.6 Å². The van der Waals surface area contributed by atoms with Crippen LogP contribution in [0.25, 0.3) is 0 Å². The summed E-state index contributed by atoms with van der Waals surface area (Å²) >= 11 is 5.97. The van der Waals surface area contributed by atoms with Gasteiger partial charge in [0.1, 0.15) is 5.78 Å². The first kappa shape index (κ1) is 29.3. The average Bonchev–Trinajstić information content (AvgIpc) is 2.84. The van der Waals surface area contributed by atoms with Gasteiger partial charge in [0.15, 0.2) is 0 Å². The van der Waals surface area contributed by atoms with Gasteiger partial charge in [-0.2, -0.15) is 0 Å². The standard InChI is InChI=1S/C29H39ClN2O2/c1-2-3-4-5-6-7-8-9-10-11-12-13-14-15-16-17-18-20-26(33)21-19-23-32-29(34)27-25-31-24-22-28(27)30/h3-4,6-7,9-10,12-13,15-16,22,24-25H,2,5,8,11,14,17-21,23H2,1H3,(H,32,34)/b4-3-,7-6-,10-9-,13-12-,16-15-. The van der Waals surface area contributed by atoms with Crippen LogP contribution in [0.3, 0.4) is 0 Å². The number of Topliss-reactive ketones (excluding diaryl/α,β-unsaturated/α-hetero) is 1. The van der Waals surface area contributed by atoms with E-state index < -0.39 is 0 Å². The van der Waals surface area contributed by atoms with Crippen molar-refractivity contribution in [1.29, 1.82) is 0 Å². The molecule has 0 radical (unpaired) electrons. The van der Waals surface area contributed by atoms with E-state index >= 15 is 0 Å². The number of carbonyl (C=O) groups excluding carboxylic acids is 2. The molecule has 0 unspecified atom stereocenters. The molecule has 0 atom stereocenters. The van der Waals surface area contributed by atoms with Gasteiger partial charge in [-0.25, -0.2) is 0 Å². The number of nitrogens with one attached hydrogen (secondary N) is 1. The summed E-state index contributed by atoms with van der Waals surface area (Å²) in [5, 5.41) is 3.15. The number of pyridine rings is 1. The second-order valence-electron chi connectivity index (χ2n) is 7.85. The van der Waals surface area contributed by atoms with E-state index in [4.69, 9.17) is 11.6 Å². The molecule has 1 aromatic heterocycles. The largest absolute Gasteiger partial charge is 0.352 e. The Morgan fingerprint density at radius 3 is 2.00 bits per heavy atom. The van der Waals surface area contributed by atoms with Crippen LogP contribution in [0.5, 0.6) is 0 Å². The number of halogens is 1. The number of amides is 1. The van der Waals surface area contributed by atoms with E-state index in [9.17, 15) is 9.59 Å². The van der Waals surface area contributed by atoms with Crippen molar-refractivity contribution in [3.63, 3.8) is 0 Å². The van der Waals surface area contributed by atoms with Crippen LogP contribution in [0, 0.1) is 0 Å². The SMILES string of the molecule is CC/C=C\C/C=C\C/C=C\C/C=C\C/C=C\CCCC(=O)CCCNC(=O)c1cnccc1Cl. The van der Waals surface area contributed by atoms with Crippen molar-refractivity contribution in [2.45, 2.75) is 71.1 Å². The highest BCUT2D eigenvalue weighted by atomic mass is 35.5. The van der Waals surface area contributed by atoms with E-state index in [-0.39, 0.29) is 11.7 Å². The van der Waals surface area contributed by atoms with E-state index in [0.29, 0.717) is 36.4 Å². The Hall–Kier alpha value is -2.72. The van der Waals surface area contributed by atoms with E-state index in [1.54, 1.807) is 6.07 Å². The molecule has 34 heavy (non-hydrogen) atoms. The summed E-state index contributed by atoms with van der Waals surface area (Å²) in [5.41, 5.74) is 0.354. The molecule has 0 aliphatic heterocycles. The Morgan fingerprint density at radius 2 is 1.41 bits per heavy atom. The monoisotopic (exact) mass is 482 g/mol. The maximum atomic E-state index is 12.0. The minimum Gasteiger partial charge on any atom is -0.352 e. The number of hydrogen-bond donors (Lipinski definition) is 1. The third-order valence-corrected chi connectivity index (χ3v) is 5.24. The van der Waals surface area contributed by atoms with Gasteiger partial charge in [0, 0.05) is 31.8 Å². The molecular weight excluding hydrogens is 444 g/mol. The van der Waals surface area contributed by atoms with E-state index in [0.717, 1.165) is 44.9 Å². The number of allylic oxidation sites excluding steroid dienone is 10. The second kappa shape index (κ2) is 20.9. The molecule has 0 spiro atoms. The van der Waals surface area contributed by atoms with Gasteiger partial charge in [-0.05, 0) is 57.4 Å². The lowest BCUT2D eigenvalue weighted by Gasteiger charge is -2.06. The number of nitrogens with zero attached hydrogens (tertiary/aromatic N) is 1. The maximum absolute atomic E-state index is 12.0. The number of carbonyl (C=O) groups is 2. The van der Waals surface area contributed by atoms with Crippen molar-refractivity contribution in [2.75, 3.05) is 6.54 Å². The fourth-order valence-corrected chi connectivity index (χ4v) is 3.23. The molecule has 1 rings (SSSR count). The van der Waals surface area contributed by atoms with Crippen LogP contribution in [-0.2, 0) is 4.79 Å². The Bertz CT molecular complexity index is 853. The Balaban J connectivity index is 1.98. The summed E-state index contributed by atoms with van der Waals surface area (Å²) in [7, 11) is 0. The fourth-order valence-electron chi connectivity index (χ4n) is 3.04. The minimum atomic E-state index is -0.260. The summed E-state index contributed by atoms with van der Waals surface area (Å²) in [6, 6.07) is 1.58. The van der Waals surface area contributed by atoms with Crippen molar-refractivity contribution in [2.24, 2.45) is 0 Å². The third-order valence-electron chi connectivity index (χ3n) is 4.91. The molecule has 0 bridgehead atoms. The van der Waals surface area contributed by atoms with Crippen LogP contribution in [0.2, 0.25) is 5.02 Å². The Kier molecular flexibility index (Phi) is 18.0. The van der Waals surface area contributed by atoms with Gasteiger partial charge in [0.25, 0.3) is 5.91 Å². The van der Waals surface area contributed by atoms with E-state index in [1.807, 2.05) is 0 Å². The minimum absolute atomic E-state index is 0.237. The summed E-state index contributed by atoms with van der Waals surface area (Å²) in [4.78, 5) is 27.9. The van der Waals surface area contributed by atoms with Crippen molar-refractivity contribution < 1.29 is 9.59 Å². The number of aromatic nitrogens is 1. The molecule has 0 saturated heterocycles. The average molecular weight is 483 g/mol. The zero-order valence-corrected chi connectivity index (χ0v) is 21.2. The number of ketones is 1. The lowest BCUT2D eigenvalue weighted by molar-refractivity contribution is -0.119. The molecule has 1 amide bonds. The molecule has 0 saturated carbocycles. The van der Waals surface area contributed by atoms with Crippen molar-refractivity contribution in [1.82, 2.24) is 10.3 Å². The predicted octanol–water partition coefficient (Wildman–Crippen LogP) is 7.74. The number of hydrogen-bond acceptors (Lipinski definition) is 3. The van der Waals surface area contributed by atoms with Crippen molar-refractivity contribution >= 4 is 23.3 Å². The smallest absolute Gasteiger partial charge is 0.254 e. The van der Waals surface area contributed by atoms with Gasteiger partial charge in [0.05, 0.1) is 10.6 Å². The van der Waals surface area contributed by atoms with E-state index in [1.165, 1.54) is 12.4 Å². The molecule has 0 aliphatic carbocycles. The lowest BCUT2D eigenvalue weighted by atomic mass is 10.1. The zero-order valence-electron chi connectivity index (χ0n) is 20.4. The topological polar surface area (TPSA) is 59.1 Å². The first-order chi connectivity index (χ1) is 16.6. The molecule has 1 N–H and O–H groups in total. The molecule has 0 aliphatic rings. The summed E-state index contributed by atoms with van der Waals surface area (Å²) < 4.78 is 0. The third kappa shape index (κ3) is 16.0. The highest BCUT2D eigenvalue weighted by molar-refractivity contribution is 6.33. The van der Waals surface area contributed by atoms with Crippen LogP contribution in [0.4, 0.5) is 0 Å². The van der Waals surface area contributed by atoms with Gasteiger partial charge in [-0.3, -0.25) is 14.6 Å². The van der Waals surface area contributed by atoms with Crippen molar-refractivity contribution in [3.8, 4) is 0 Å². The quantitative estimate of drug-likeness (QED) is 0.172. The van der Waals surface area contributed by atoms with Crippen molar-refractivity contribution in [3.05, 3.63) is 89.8 Å². The van der Waals surface area contributed by atoms with E-state index in [2.05, 4.69) is 78.0 Å². The Morgan fingerprint density at radius 1 is 0.853 bits per heavy atom. The first-order valence-electron chi connectivity index (χ1n) is 12.3. The summed E-state index contributed by atoms with van der Waals surface area (Å²) in [6.45, 7) is 2.59. The Labute approximate surface area is 210 Å². The summed E-state index contributed by atoms with van der Waals surface area (Å²) in [6.07, 6.45) is 33.2. The number of unbranched alkanes of at least 4 members (excludes halogenated alkanes) is 1.